The van der Waals surface area contributed by atoms with Crippen LogP contribution in [-0.4, -0.2) is 75.8 Å². The van der Waals surface area contributed by atoms with Gasteiger partial charge in [0, 0.05) is 40.3 Å². The zero-order valence-electron chi connectivity index (χ0n) is 18.4. The minimum Gasteiger partial charge on any atom is -0.475 e. The van der Waals surface area contributed by atoms with E-state index in [1.807, 2.05) is 4.57 Å². The summed E-state index contributed by atoms with van der Waals surface area (Å²) in [6.07, 6.45) is -5.08. The molecule has 0 atom stereocenters. The molecule has 0 unspecified atom stereocenters. The molecule has 1 aliphatic rings. The Balaban J connectivity index is 0.000000479. The van der Waals surface area contributed by atoms with Crippen LogP contribution in [0.25, 0.3) is 11.2 Å². The van der Waals surface area contributed by atoms with E-state index in [-0.39, 0.29) is 18.7 Å². The number of ether oxygens (including phenoxy) is 1. The number of carboxylic acid groups (broad SMARTS) is 1. The Morgan fingerprint density at radius 2 is 1.85 bits per heavy atom. The molecule has 0 aliphatic carbocycles. The number of alkyl halides is 3. The lowest BCUT2D eigenvalue weighted by atomic mass is 10.4. The standard InChI is InChI=1S/C17H24N6O3.C2HF3O2/c1-4-5-8-22-13-14(19-16(22)21-9-6-18-7-10-21)20(2)17(25)23(15(13)24)11-12-26-3;3-2(4,5)1(6)7/h18H,6-12H2,1-3H3;(H,6,7). The Morgan fingerprint density at radius 3 is 2.36 bits per heavy atom. The van der Waals surface area contributed by atoms with E-state index < -0.39 is 17.8 Å². The van der Waals surface area contributed by atoms with Gasteiger partial charge in [0.1, 0.15) is 0 Å². The van der Waals surface area contributed by atoms with Crippen LogP contribution in [0.2, 0.25) is 0 Å². The summed E-state index contributed by atoms with van der Waals surface area (Å²) >= 11 is 0. The van der Waals surface area contributed by atoms with Crippen molar-refractivity contribution in [2.75, 3.05) is 44.8 Å². The van der Waals surface area contributed by atoms with Gasteiger partial charge in [-0.05, 0) is 6.92 Å². The van der Waals surface area contributed by atoms with Crippen molar-refractivity contribution in [1.29, 1.82) is 0 Å². The van der Waals surface area contributed by atoms with Gasteiger partial charge in [0.25, 0.3) is 5.56 Å². The predicted molar refractivity (Wildman–Crippen MR) is 113 cm³/mol. The van der Waals surface area contributed by atoms with E-state index in [9.17, 15) is 22.8 Å². The van der Waals surface area contributed by atoms with Crippen molar-refractivity contribution in [3.05, 3.63) is 20.8 Å². The summed E-state index contributed by atoms with van der Waals surface area (Å²) in [5, 5.41) is 10.4. The number of nitrogens with one attached hydrogen (secondary N) is 1. The maximum absolute atomic E-state index is 13.0. The fourth-order valence-electron chi connectivity index (χ4n) is 3.15. The first-order valence-electron chi connectivity index (χ1n) is 9.89. The van der Waals surface area contributed by atoms with E-state index in [2.05, 4.69) is 27.0 Å². The lowest BCUT2D eigenvalue weighted by Gasteiger charge is -2.28. The molecule has 3 rings (SSSR count). The second-order valence-electron chi connectivity index (χ2n) is 6.93. The van der Waals surface area contributed by atoms with Crippen molar-refractivity contribution in [2.24, 2.45) is 7.05 Å². The number of carbonyl (C=O) groups is 1. The molecule has 1 fully saturated rings. The average molecular weight is 474 g/mol. The molecule has 3 heterocycles. The first-order chi connectivity index (χ1) is 15.5. The lowest BCUT2D eigenvalue weighted by molar-refractivity contribution is -0.192. The Bertz CT molecular complexity index is 1170. The number of hydrogen-bond acceptors (Lipinski definition) is 7. The highest BCUT2D eigenvalue weighted by Crippen LogP contribution is 2.20. The lowest BCUT2D eigenvalue weighted by Crippen LogP contribution is -2.44. The number of rotatable bonds is 5. The number of halogens is 3. The molecule has 2 N–H and O–H groups in total. The zero-order valence-corrected chi connectivity index (χ0v) is 18.4. The monoisotopic (exact) mass is 474 g/mol. The fourth-order valence-corrected chi connectivity index (χ4v) is 3.15. The number of aromatic nitrogens is 4. The van der Waals surface area contributed by atoms with Gasteiger partial charge in [0.2, 0.25) is 5.95 Å². The summed E-state index contributed by atoms with van der Waals surface area (Å²) in [7, 11) is 3.18. The second kappa shape index (κ2) is 11.0. The molecule has 1 aliphatic heterocycles. The topological polar surface area (TPSA) is 124 Å². The van der Waals surface area contributed by atoms with Gasteiger partial charge in [0.05, 0.1) is 19.7 Å². The maximum Gasteiger partial charge on any atom is 0.490 e. The van der Waals surface area contributed by atoms with Gasteiger partial charge in [-0.3, -0.25) is 18.5 Å². The van der Waals surface area contributed by atoms with Crippen molar-refractivity contribution in [3.8, 4) is 11.8 Å². The predicted octanol–water partition coefficient (Wildman–Crippen LogP) is -0.391. The third-order valence-electron chi connectivity index (χ3n) is 4.79. The third-order valence-corrected chi connectivity index (χ3v) is 4.79. The van der Waals surface area contributed by atoms with Gasteiger partial charge in [-0.1, -0.05) is 5.92 Å². The van der Waals surface area contributed by atoms with Gasteiger partial charge in [0.15, 0.2) is 11.2 Å². The quantitative estimate of drug-likeness (QED) is 0.562. The van der Waals surface area contributed by atoms with E-state index >= 15 is 0 Å². The summed E-state index contributed by atoms with van der Waals surface area (Å²) in [5.74, 6) is 3.81. The Morgan fingerprint density at radius 1 is 1.24 bits per heavy atom. The third kappa shape index (κ3) is 5.93. The largest absolute Gasteiger partial charge is 0.490 e. The Labute approximate surface area is 186 Å². The summed E-state index contributed by atoms with van der Waals surface area (Å²) in [6, 6.07) is 0. The van der Waals surface area contributed by atoms with E-state index in [4.69, 9.17) is 14.6 Å². The van der Waals surface area contributed by atoms with Crippen LogP contribution in [0.1, 0.15) is 6.92 Å². The van der Waals surface area contributed by atoms with Gasteiger partial charge in [-0.2, -0.15) is 18.2 Å². The number of fused-ring (bicyclic) bond motifs is 1. The number of anilines is 1. The zero-order chi connectivity index (χ0) is 24.8. The van der Waals surface area contributed by atoms with Crippen LogP contribution in [0.4, 0.5) is 19.1 Å². The summed E-state index contributed by atoms with van der Waals surface area (Å²) < 4.78 is 41.2. The number of methoxy groups -OCH3 is 1. The van der Waals surface area contributed by atoms with Crippen LogP contribution in [0.3, 0.4) is 0 Å². The highest BCUT2D eigenvalue weighted by molar-refractivity contribution is 5.75. The van der Waals surface area contributed by atoms with E-state index in [1.165, 1.54) is 16.2 Å². The van der Waals surface area contributed by atoms with Crippen LogP contribution in [-0.2, 0) is 29.7 Å². The normalized spacial score (nSPS) is 13.8. The summed E-state index contributed by atoms with van der Waals surface area (Å²) in [5.41, 5.74) is 0.0455. The number of aliphatic carboxylic acids is 1. The molecule has 2 aromatic rings. The van der Waals surface area contributed by atoms with E-state index in [1.54, 1.807) is 14.0 Å². The molecule has 0 saturated carbocycles. The summed E-state index contributed by atoms with van der Waals surface area (Å²) in [6.45, 7) is 5.86. The molecule has 1 saturated heterocycles. The van der Waals surface area contributed by atoms with Gasteiger partial charge >= 0.3 is 17.8 Å². The molecule has 0 aromatic carbocycles. The number of carboxylic acids is 1. The van der Waals surface area contributed by atoms with Crippen LogP contribution in [0.15, 0.2) is 9.59 Å². The smallest absolute Gasteiger partial charge is 0.475 e. The Kier molecular flexibility index (Phi) is 8.66. The first kappa shape index (κ1) is 25.9. The molecule has 0 radical (unpaired) electrons. The number of hydrogen-bond donors (Lipinski definition) is 2. The molecular weight excluding hydrogens is 449 g/mol. The molecule has 0 spiro atoms. The van der Waals surface area contributed by atoms with Crippen LogP contribution in [0, 0.1) is 11.8 Å². The highest BCUT2D eigenvalue weighted by atomic mass is 19.4. The molecule has 0 amide bonds. The van der Waals surface area contributed by atoms with Gasteiger partial charge < -0.3 is 20.1 Å². The summed E-state index contributed by atoms with van der Waals surface area (Å²) in [4.78, 5) is 41.3. The Hall–Kier alpha value is -3.31. The van der Waals surface area contributed by atoms with E-state index in [0.29, 0.717) is 23.7 Å². The molecular formula is C19H25F3N6O5. The molecule has 14 heteroatoms. The number of aryl methyl sites for hydroxylation is 1. The van der Waals surface area contributed by atoms with E-state index in [0.717, 1.165) is 26.2 Å². The van der Waals surface area contributed by atoms with Crippen molar-refractivity contribution in [2.45, 2.75) is 26.2 Å². The van der Waals surface area contributed by atoms with Crippen LogP contribution >= 0.6 is 0 Å². The fraction of sp³-hybridized carbons (Fsp3) is 0.579. The second-order valence-corrected chi connectivity index (χ2v) is 6.93. The van der Waals surface area contributed by atoms with Crippen molar-refractivity contribution < 1.29 is 27.8 Å². The van der Waals surface area contributed by atoms with Crippen molar-refractivity contribution >= 4 is 23.1 Å². The first-order valence-corrected chi connectivity index (χ1v) is 9.89. The molecule has 33 heavy (non-hydrogen) atoms. The molecule has 0 bridgehead atoms. The van der Waals surface area contributed by atoms with Crippen molar-refractivity contribution in [3.63, 3.8) is 0 Å². The minimum atomic E-state index is -5.08. The molecule has 11 nitrogen and oxygen atoms in total. The highest BCUT2D eigenvalue weighted by Gasteiger charge is 2.38. The van der Waals surface area contributed by atoms with Crippen LogP contribution < -0.4 is 21.5 Å². The molecule has 2 aromatic heterocycles. The molecule has 182 valence electrons. The number of nitrogens with zero attached hydrogens (tertiary/aromatic N) is 5. The SMILES string of the molecule is CC#CCn1c(N2CCNCC2)nc2c1c(=O)n(CCOC)c(=O)n2C.O=C(O)C(F)(F)F. The number of imidazole rings is 1. The average Bonchev–Trinajstić information content (AvgIpc) is 3.16. The minimum absolute atomic E-state index is 0.200. The van der Waals surface area contributed by atoms with Gasteiger partial charge in [-0.15, -0.1) is 5.92 Å². The van der Waals surface area contributed by atoms with Gasteiger partial charge in [-0.25, -0.2) is 9.59 Å². The van der Waals surface area contributed by atoms with Crippen molar-refractivity contribution in [1.82, 2.24) is 24.0 Å². The maximum atomic E-state index is 13.0. The van der Waals surface area contributed by atoms with Crippen LogP contribution in [0.5, 0.6) is 0 Å². The number of piperazine rings is 1.